The highest BCUT2D eigenvalue weighted by Gasteiger charge is 2.15. The van der Waals surface area contributed by atoms with Gasteiger partial charge in [0.05, 0.1) is 0 Å². The lowest BCUT2D eigenvalue weighted by Gasteiger charge is -2.07. The van der Waals surface area contributed by atoms with Crippen molar-refractivity contribution in [2.24, 2.45) is 0 Å². The Hall–Kier alpha value is -3.03. The van der Waals surface area contributed by atoms with Gasteiger partial charge in [0, 0.05) is 30.3 Å². The molecular weight excluding hydrogens is 288 g/mol. The zero-order valence-electron chi connectivity index (χ0n) is 10.2. The first kappa shape index (κ1) is 14.4. The Morgan fingerprint density at radius 3 is 1.71 bits per heavy atom. The zero-order chi connectivity index (χ0) is 15.6. The summed E-state index contributed by atoms with van der Waals surface area (Å²) in [5, 5.41) is 17.7. The second kappa shape index (κ2) is 5.53. The number of benzene rings is 1. The Kier molecular flexibility index (Phi) is 3.79. The summed E-state index contributed by atoms with van der Waals surface area (Å²) in [7, 11) is 0. The van der Waals surface area contributed by atoms with Gasteiger partial charge in [-0.05, 0) is 0 Å². The van der Waals surface area contributed by atoms with E-state index in [1.54, 1.807) is 0 Å². The molecule has 0 atom stereocenters. The van der Waals surface area contributed by atoms with Gasteiger partial charge in [-0.1, -0.05) is 0 Å². The molecule has 0 saturated heterocycles. The van der Waals surface area contributed by atoms with Gasteiger partial charge in [-0.25, -0.2) is 23.4 Å². The first-order chi connectivity index (χ1) is 9.85. The van der Waals surface area contributed by atoms with E-state index in [9.17, 15) is 18.4 Å². The minimum Gasteiger partial charge on any atom is -0.477 e. The van der Waals surface area contributed by atoms with Gasteiger partial charge < -0.3 is 14.9 Å². The van der Waals surface area contributed by atoms with Crippen molar-refractivity contribution >= 4 is 11.9 Å². The molecule has 6 nitrogen and oxygen atoms in total. The van der Waals surface area contributed by atoms with E-state index < -0.39 is 35.0 Å². The van der Waals surface area contributed by atoms with E-state index in [0.29, 0.717) is 6.07 Å². The molecule has 1 aromatic heterocycles. The molecule has 0 bridgehead atoms. The van der Waals surface area contributed by atoms with Crippen LogP contribution in [0.25, 0.3) is 0 Å². The Balaban J connectivity index is 2.43. The van der Waals surface area contributed by atoms with E-state index in [2.05, 4.69) is 4.98 Å². The van der Waals surface area contributed by atoms with Gasteiger partial charge in [0.15, 0.2) is 11.4 Å². The molecule has 21 heavy (non-hydrogen) atoms. The van der Waals surface area contributed by atoms with Gasteiger partial charge in [-0.15, -0.1) is 0 Å². The number of pyridine rings is 1. The second-order valence-electron chi connectivity index (χ2n) is 3.89. The van der Waals surface area contributed by atoms with Crippen molar-refractivity contribution in [2.45, 2.75) is 0 Å². The normalized spacial score (nSPS) is 10.2. The molecule has 0 aliphatic carbocycles. The second-order valence-corrected chi connectivity index (χ2v) is 3.89. The highest BCUT2D eigenvalue weighted by molar-refractivity contribution is 5.90. The average Bonchev–Trinajstić information content (AvgIpc) is 2.36. The third kappa shape index (κ3) is 3.50. The summed E-state index contributed by atoms with van der Waals surface area (Å²) in [5.74, 6) is -5.18. The number of carboxylic acid groups (broad SMARTS) is 2. The number of ether oxygens (including phenoxy) is 1. The fraction of sp³-hybridized carbons (Fsp3) is 0. The van der Waals surface area contributed by atoms with E-state index in [1.165, 1.54) is 0 Å². The van der Waals surface area contributed by atoms with Gasteiger partial charge in [0.1, 0.15) is 23.1 Å². The van der Waals surface area contributed by atoms with Crippen LogP contribution in [0.4, 0.5) is 8.78 Å². The molecule has 0 amide bonds. The smallest absolute Gasteiger partial charge is 0.354 e. The highest BCUT2D eigenvalue weighted by atomic mass is 19.1. The fourth-order valence-corrected chi connectivity index (χ4v) is 1.51. The van der Waals surface area contributed by atoms with E-state index in [4.69, 9.17) is 14.9 Å². The molecule has 0 spiro atoms. The van der Waals surface area contributed by atoms with Crippen LogP contribution in [-0.4, -0.2) is 27.1 Å². The number of halogens is 2. The Morgan fingerprint density at radius 2 is 1.29 bits per heavy atom. The van der Waals surface area contributed by atoms with E-state index >= 15 is 0 Å². The van der Waals surface area contributed by atoms with Gasteiger partial charge in [0.2, 0.25) is 0 Å². The summed E-state index contributed by atoms with van der Waals surface area (Å²) < 4.78 is 31.1. The standard InChI is InChI=1S/C13H7F2NO5/c14-6-1-7(15)3-8(2-6)21-9-4-10(12(17)18)16-11(5-9)13(19)20/h1-5H,(H,17,18)(H,19,20). The number of aromatic carboxylic acids is 2. The maximum absolute atomic E-state index is 13.0. The summed E-state index contributed by atoms with van der Waals surface area (Å²) in [6.45, 7) is 0. The van der Waals surface area contributed by atoms with Crippen molar-refractivity contribution in [3.63, 3.8) is 0 Å². The predicted molar refractivity (Wildman–Crippen MR) is 64.6 cm³/mol. The molecule has 0 radical (unpaired) electrons. The molecule has 0 aliphatic heterocycles. The molecule has 108 valence electrons. The lowest BCUT2D eigenvalue weighted by Crippen LogP contribution is -2.07. The van der Waals surface area contributed by atoms with E-state index in [1.807, 2.05) is 0 Å². The maximum atomic E-state index is 13.0. The minimum absolute atomic E-state index is 0.218. The number of rotatable bonds is 4. The van der Waals surface area contributed by atoms with Crippen LogP contribution in [0.3, 0.4) is 0 Å². The molecule has 0 fully saturated rings. The molecule has 2 N–H and O–H groups in total. The fourth-order valence-electron chi connectivity index (χ4n) is 1.51. The first-order valence-electron chi connectivity index (χ1n) is 5.48. The van der Waals surface area contributed by atoms with Gasteiger partial charge >= 0.3 is 11.9 Å². The van der Waals surface area contributed by atoms with Crippen LogP contribution < -0.4 is 4.74 Å². The number of hydrogen-bond acceptors (Lipinski definition) is 4. The number of carbonyl (C=O) groups is 2. The SMILES string of the molecule is O=C(O)c1cc(Oc2cc(F)cc(F)c2)cc(C(=O)O)n1. The lowest BCUT2D eigenvalue weighted by atomic mass is 10.2. The largest absolute Gasteiger partial charge is 0.477 e. The van der Waals surface area contributed by atoms with E-state index in [0.717, 1.165) is 24.3 Å². The zero-order valence-corrected chi connectivity index (χ0v) is 10.2. The third-order valence-corrected chi connectivity index (χ3v) is 2.31. The first-order valence-corrected chi connectivity index (χ1v) is 5.48. The van der Waals surface area contributed by atoms with Crippen LogP contribution in [0.15, 0.2) is 30.3 Å². The van der Waals surface area contributed by atoms with Crippen molar-refractivity contribution in [2.75, 3.05) is 0 Å². The molecule has 2 rings (SSSR count). The summed E-state index contributed by atoms with van der Waals surface area (Å²) >= 11 is 0. The maximum Gasteiger partial charge on any atom is 0.354 e. The number of carboxylic acids is 2. The van der Waals surface area contributed by atoms with Crippen molar-refractivity contribution in [3.05, 3.63) is 53.4 Å². The van der Waals surface area contributed by atoms with Gasteiger partial charge in [0.25, 0.3) is 0 Å². The quantitative estimate of drug-likeness (QED) is 0.899. The topological polar surface area (TPSA) is 96.7 Å². The van der Waals surface area contributed by atoms with Crippen molar-refractivity contribution in [1.29, 1.82) is 0 Å². The van der Waals surface area contributed by atoms with Crippen molar-refractivity contribution in [1.82, 2.24) is 4.98 Å². The molecule has 0 aliphatic rings. The number of nitrogens with zero attached hydrogens (tertiary/aromatic N) is 1. The van der Waals surface area contributed by atoms with Crippen LogP contribution in [0, 0.1) is 11.6 Å². The third-order valence-electron chi connectivity index (χ3n) is 2.31. The Bertz CT molecular complexity index is 680. The molecule has 1 heterocycles. The van der Waals surface area contributed by atoms with Crippen molar-refractivity contribution in [3.8, 4) is 11.5 Å². The molecule has 8 heteroatoms. The molecule has 0 saturated carbocycles. The monoisotopic (exact) mass is 295 g/mol. The highest BCUT2D eigenvalue weighted by Crippen LogP contribution is 2.24. The van der Waals surface area contributed by atoms with Gasteiger partial charge in [-0.2, -0.15) is 0 Å². The Morgan fingerprint density at radius 1 is 0.857 bits per heavy atom. The summed E-state index contributed by atoms with van der Waals surface area (Å²) in [6.07, 6.45) is 0. The van der Waals surface area contributed by atoms with Gasteiger partial charge in [-0.3, -0.25) is 0 Å². The number of hydrogen-bond donors (Lipinski definition) is 2. The van der Waals surface area contributed by atoms with Crippen LogP contribution in [0.2, 0.25) is 0 Å². The van der Waals surface area contributed by atoms with E-state index in [-0.39, 0.29) is 11.5 Å². The van der Waals surface area contributed by atoms with Crippen LogP contribution in [0.1, 0.15) is 21.0 Å². The van der Waals surface area contributed by atoms with Crippen molar-refractivity contribution < 1.29 is 33.3 Å². The Labute approximate surface area is 116 Å². The van der Waals surface area contributed by atoms with Crippen LogP contribution >= 0.6 is 0 Å². The average molecular weight is 295 g/mol. The summed E-state index contributed by atoms with van der Waals surface area (Å²) in [4.78, 5) is 25.1. The molecule has 0 unspecified atom stereocenters. The predicted octanol–water partition coefficient (Wildman–Crippen LogP) is 2.55. The summed E-state index contributed by atoms with van der Waals surface area (Å²) in [5.41, 5.74) is -1.14. The lowest BCUT2D eigenvalue weighted by molar-refractivity contribution is 0.0684. The summed E-state index contributed by atoms with van der Waals surface area (Å²) in [6, 6.07) is 4.24. The minimum atomic E-state index is -1.46. The number of aromatic nitrogens is 1. The molecular formula is C13H7F2NO5. The van der Waals surface area contributed by atoms with Crippen LogP contribution in [-0.2, 0) is 0 Å². The molecule has 2 aromatic rings. The molecule has 1 aromatic carbocycles. The van der Waals surface area contributed by atoms with Crippen LogP contribution in [0.5, 0.6) is 11.5 Å².